The van der Waals surface area contributed by atoms with E-state index < -0.39 is 17.7 Å². The molecule has 0 aromatic carbocycles. The molecule has 0 aliphatic heterocycles. The fourth-order valence-electron chi connectivity index (χ4n) is 1.82. The van der Waals surface area contributed by atoms with Gasteiger partial charge >= 0.3 is 12.1 Å². The Morgan fingerprint density at radius 3 is 2.78 bits per heavy atom. The molecule has 0 N–H and O–H groups in total. The predicted molar refractivity (Wildman–Crippen MR) is 72.7 cm³/mol. The summed E-state index contributed by atoms with van der Waals surface area (Å²) in [4.78, 5) is 15.5. The average molecular weight is 329 g/mol. The van der Waals surface area contributed by atoms with Gasteiger partial charge in [0.2, 0.25) is 5.88 Å². The summed E-state index contributed by atoms with van der Waals surface area (Å²) in [6.45, 7) is 1.69. The zero-order valence-corrected chi connectivity index (χ0v) is 12.4. The van der Waals surface area contributed by atoms with Gasteiger partial charge in [0, 0.05) is 19.3 Å². The molecule has 0 fully saturated rings. The van der Waals surface area contributed by atoms with Crippen molar-refractivity contribution in [3.8, 4) is 5.88 Å². The Kier molecular flexibility index (Phi) is 4.87. The molecular weight excluding hydrogens is 315 g/mol. The minimum Gasteiger partial charge on any atom is -0.471 e. The van der Waals surface area contributed by atoms with Crippen LogP contribution in [0.2, 0.25) is 0 Å². The molecule has 0 spiro atoms. The Morgan fingerprint density at radius 1 is 1.39 bits per heavy atom. The molecule has 2 aromatic rings. The summed E-state index contributed by atoms with van der Waals surface area (Å²) in [7, 11) is 1.58. The number of hydrogen-bond acceptors (Lipinski definition) is 5. The smallest absolute Gasteiger partial charge is 0.416 e. The van der Waals surface area contributed by atoms with E-state index in [4.69, 9.17) is 9.47 Å². The molecule has 0 saturated carbocycles. The van der Waals surface area contributed by atoms with Gasteiger partial charge in [-0.2, -0.15) is 18.3 Å². The number of halogens is 3. The lowest BCUT2D eigenvalue weighted by Gasteiger charge is -2.10. The third-order valence-corrected chi connectivity index (χ3v) is 2.98. The summed E-state index contributed by atoms with van der Waals surface area (Å²) in [6.07, 6.45) is -2.16. The monoisotopic (exact) mass is 329 g/mol. The number of carbonyl (C=O) groups excluding carboxylic acids is 1. The molecule has 0 bridgehead atoms. The van der Waals surface area contributed by atoms with E-state index in [1.165, 1.54) is 10.9 Å². The minimum atomic E-state index is -4.48. The molecule has 0 radical (unpaired) electrons. The molecule has 2 rings (SSSR count). The quantitative estimate of drug-likeness (QED) is 0.789. The van der Waals surface area contributed by atoms with E-state index in [2.05, 4.69) is 10.1 Å². The fraction of sp³-hybridized carbons (Fsp3) is 0.357. The number of aromatic nitrogens is 3. The van der Waals surface area contributed by atoms with Crippen molar-refractivity contribution in [3.63, 3.8) is 0 Å². The van der Waals surface area contributed by atoms with Crippen LogP contribution in [-0.4, -0.2) is 27.3 Å². The third-order valence-electron chi connectivity index (χ3n) is 2.98. The normalized spacial score (nSPS) is 11.3. The maximum Gasteiger partial charge on any atom is 0.416 e. The van der Waals surface area contributed by atoms with E-state index in [1.54, 1.807) is 14.0 Å². The summed E-state index contributed by atoms with van der Waals surface area (Å²) in [6, 6.07) is 1.64. The predicted octanol–water partition coefficient (Wildman–Crippen LogP) is 2.59. The Labute approximate surface area is 129 Å². The van der Waals surface area contributed by atoms with E-state index >= 15 is 0 Å². The average Bonchev–Trinajstić information content (AvgIpc) is 2.86. The van der Waals surface area contributed by atoms with Gasteiger partial charge in [-0.05, 0) is 13.0 Å². The number of alkyl halides is 3. The summed E-state index contributed by atoms with van der Waals surface area (Å²) in [5.41, 5.74) is -0.290. The SMILES string of the molecule is CCOC(=O)c1cnn(C)c1COc1cc(C(F)(F)F)ccn1. The van der Waals surface area contributed by atoms with Crippen LogP contribution >= 0.6 is 0 Å². The fourth-order valence-corrected chi connectivity index (χ4v) is 1.82. The molecule has 0 atom stereocenters. The number of aryl methyl sites for hydroxylation is 1. The lowest BCUT2D eigenvalue weighted by molar-refractivity contribution is -0.137. The number of ether oxygens (including phenoxy) is 2. The molecule has 2 heterocycles. The molecule has 0 amide bonds. The Bertz CT molecular complexity index is 698. The van der Waals surface area contributed by atoms with Crippen molar-refractivity contribution in [2.24, 2.45) is 7.05 Å². The number of pyridine rings is 1. The maximum atomic E-state index is 12.6. The van der Waals surface area contributed by atoms with Crippen molar-refractivity contribution >= 4 is 5.97 Å². The van der Waals surface area contributed by atoms with E-state index in [9.17, 15) is 18.0 Å². The van der Waals surface area contributed by atoms with Crippen LogP contribution in [0.3, 0.4) is 0 Å². The van der Waals surface area contributed by atoms with Crippen LogP contribution < -0.4 is 4.74 Å². The van der Waals surface area contributed by atoms with Gasteiger partial charge in [-0.1, -0.05) is 0 Å². The summed E-state index contributed by atoms with van der Waals surface area (Å²) >= 11 is 0. The van der Waals surface area contributed by atoms with Crippen molar-refractivity contribution in [1.29, 1.82) is 0 Å². The van der Waals surface area contributed by atoms with E-state index in [0.717, 1.165) is 18.3 Å². The highest BCUT2D eigenvalue weighted by atomic mass is 19.4. The molecular formula is C14H14F3N3O3. The molecule has 0 aliphatic carbocycles. The molecule has 0 unspecified atom stereocenters. The van der Waals surface area contributed by atoms with Crippen LogP contribution in [0.5, 0.6) is 5.88 Å². The van der Waals surface area contributed by atoms with Gasteiger partial charge in [-0.3, -0.25) is 4.68 Å². The van der Waals surface area contributed by atoms with Crippen LogP contribution in [0.1, 0.15) is 28.5 Å². The summed E-state index contributed by atoms with van der Waals surface area (Å²) in [5.74, 6) is -0.771. The molecule has 0 saturated heterocycles. The molecule has 0 aliphatic rings. The van der Waals surface area contributed by atoms with E-state index in [0.29, 0.717) is 5.69 Å². The van der Waals surface area contributed by atoms with Crippen molar-refractivity contribution in [2.75, 3.05) is 6.61 Å². The lowest BCUT2D eigenvalue weighted by Crippen LogP contribution is -2.12. The molecule has 124 valence electrons. The Hall–Kier alpha value is -2.58. The number of hydrogen-bond donors (Lipinski definition) is 0. The zero-order chi connectivity index (χ0) is 17.0. The van der Waals surface area contributed by atoms with Crippen molar-refractivity contribution in [2.45, 2.75) is 19.7 Å². The van der Waals surface area contributed by atoms with Crippen LogP contribution in [0.15, 0.2) is 24.5 Å². The molecule has 9 heteroatoms. The first kappa shape index (κ1) is 16.8. The third kappa shape index (κ3) is 3.99. The number of rotatable bonds is 5. The van der Waals surface area contributed by atoms with E-state index in [-0.39, 0.29) is 24.7 Å². The van der Waals surface area contributed by atoms with Crippen LogP contribution in [0.4, 0.5) is 13.2 Å². The Balaban J connectivity index is 2.16. The van der Waals surface area contributed by atoms with Crippen molar-refractivity contribution < 1.29 is 27.4 Å². The second-order valence-electron chi connectivity index (χ2n) is 4.52. The zero-order valence-electron chi connectivity index (χ0n) is 12.4. The number of esters is 1. The highest BCUT2D eigenvalue weighted by molar-refractivity contribution is 5.90. The van der Waals surface area contributed by atoms with Gasteiger partial charge in [0.15, 0.2) is 0 Å². The van der Waals surface area contributed by atoms with Crippen LogP contribution in [0.25, 0.3) is 0 Å². The van der Waals surface area contributed by atoms with Gasteiger partial charge in [0.25, 0.3) is 0 Å². The largest absolute Gasteiger partial charge is 0.471 e. The van der Waals surface area contributed by atoms with Gasteiger partial charge < -0.3 is 9.47 Å². The second-order valence-corrected chi connectivity index (χ2v) is 4.52. The molecule has 6 nitrogen and oxygen atoms in total. The number of nitrogens with zero attached hydrogens (tertiary/aromatic N) is 3. The molecule has 23 heavy (non-hydrogen) atoms. The minimum absolute atomic E-state index is 0.168. The highest BCUT2D eigenvalue weighted by Gasteiger charge is 2.31. The van der Waals surface area contributed by atoms with Gasteiger partial charge in [0.1, 0.15) is 12.2 Å². The first-order valence-electron chi connectivity index (χ1n) is 6.67. The summed E-state index contributed by atoms with van der Waals surface area (Å²) < 4.78 is 49.5. The topological polar surface area (TPSA) is 66.2 Å². The van der Waals surface area contributed by atoms with E-state index in [1.807, 2.05) is 0 Å². The Morgan fingerprint density at radius 2 is 2.13 bits per heavy atom. The van der Waals surface area contributed by atoms with Crippen molar-refractivity contribution in [3.05, 3.63) is 41.3 Å². The highest BCUT2D eigenvalue weighted by Crippen LogP contribution is 2.30. The summed E-state index contributed by atoms with van der Waals surface area (Å²) in [5, 5.41) is 3.92. The molecule has 2 aromatic heterocycles. The standard InChI is InChI=1S/C14H14F3N3O3/c1-3-22-13(21)10-7-19-20(2)11(10)8-23-12-6-9(4-5-18-12)14(15,16)17/h4-7H,3,8H2,1-2H3. The van der Waals surface area contributed by atoms with Gasteiger partial charge in [-0.15, -0.1) is 0 Å². The first-order valence-corrected chi connectivity index (χ1v) is 6.67. The lowest BCUT2D eigenvalue weighted by atomic mass is 10.2. The first-order chi connectivity index (χ1) is 10.8. The maximum absolute atomic E-state index is 12.6. The van der Waals surface area contributed by atoms with Gasteiger partial charge in [0.05, 0.1) is 24.1 Å². The van der Waals surface area contributed by atoms with Crippen molar-refractivity contribution in [1.82, 2.24) is 14.8 Å². The van der Waals surface area contributed by atoms with Crippen LogP contribution in [-0.2, 0) is 24.6 Å². The van der Waals surface area contributed by atoms with Gasteiger partial charge in [-0.25, -0.2) is 9.78 Å². The number of carbonyl (C=O) groups is 1. The van der Waals surface area contributed by atoms with Crippen LogP contribution in [0, 0.1) is 0 Å². The second kappa shape index (κ2) is 6.67.